The molecule has 0 N–H and O–H groups in total. The second kappa shape index (κ2) is 1.89. The minimum atomic E-state index is -0.0329. The predicted molar refractivity (Wildman–Crippen MR) is 46.9 cm³/mol. The molecule has 0 saturated carbocycles. The molecular weight excluding hydrogens is 155 g/mol. The number of rotatable bonds is 0. The standard InChI is InChI=1S/C9H13OP/c1-5-6(2)9-7-3-8(5)11(9)10-4-7/h7-9H,3-4H2,1-2H3. The van der Waals surface area contributed by atoms with E-state index >= 15 is 0 Å². The van der Waals surface area contributed by atoms with E-state index in [4.69, 9.17) is 4.52 Å². The number of allylic oxidation sites excluding steroid dienone is 2. The lowest BCUT2D eigenvalue weighted by Crippen LogP contribution is -2.19. The Morgan fingerprint density at radius 2 is 2.18 bits per heavy atom. The van der Waals surface area contributed by atoms with Gasteiger partial charge in [-0.15, -0.1) is 0 Å². The van der Waals surface area contributed by atoms with E-state index in [-0.39, 0.29) is 8.15 Å². The summed E-state index contributed by atoms with van der Waals surface area (Å²) in [6.07, 6.45) is 1.44. The van der Waals surface area contributed by atoms with Crippen molar-refractivity contribution in [3.63, 3.8) is 0 Å². The van der Waals surface area contributed by atoms with Crippen LogP contribution >= 0.6 is 8.15 Å². The van der Waals surface area contributed by atoms with Crippen molar-refractivity contribution < 1.29 is 4.52 Å². The Morgan fingerprint density at radius 3 is 2.82 bits per heavy atom. The second-order valence-electron chi connectivity index (χ2n) is 3.98. The van der Waals surface area contributed by atoms with Gasteiger partial charge < -0.3 is 4.52 Å². The lowest BCUT2D eigenvalue weighted by Gasteiger charge is -2.22. The van der Waals surface area contributed by atoms with Gasteiger partial charge in [-0.3, -0.25) is 0 Å². The van der Waals surface area contributed by atoms with E-state index in [1.807, 2.05) is 0 Å². The normalized spacial score (nSPS) is 52.9. The van der Waals surface area contributed by atoms with E-state index in [1.165, 1.54) is 6.42 Å². The minimum Gasteiger partial charge on any atom is -0.358 e. The highest BCUT2D eigenvalue weighted by atomic mass is 31.1. The number of hydrogen-bond acceptors (Lipinski definition) is 1. The largest absolute Gasteiger partial charge is 0.358 e. The molecule has 11 heavy (non-hydrogen) atoms. The third kappa shape index (κ3) is 0.610. The van der Waals surface area contributed by atoms with Crippen LogP contribution in [0.5, 0.6) is 0 Å². The zero-order valence-corrected chi connectivity index (χ0v) is 7.90. The average molecular weight is 168 g/mol. The van der Waals surface area contributed by atoms with E-state index in [9.17, 15) is 0 Å². The van der Waals surface area contributed by atoms with Gasteiger partial charge in [0.1, 0.15) is 0 Å². The first-order valence-corrected chi connectivity index (χ1v) is 5.77. The quantitative estimate of drug-likeness (QED) is 0.399. The van der Waals surface area contributed by atoms with Crippen LogP contribution in [0.4, 0.5) is 0 Å². The lowest BCUT2D eigenvalue weighted by atomic mass is 9.86. The fraction of sp³-hybridized carbons (Fsp3) is 0.778. The van der Waals surface area contributed by atoms with E-state index in [0.29, 0.717) is 0 Å². The van der Waals surface area contributed by atoms with Crippen LogP contribution in [0.1, 0.15) is 20.3 Å². The molecule has 4 unspecified atom stereocenters. The van der Waals surface area contributed by atoms with Crippen molar-refractivity contribution >= 4 is 8.15 Å². The van der Waals surface area contributed by atoms with Crippen LogP contribution in [0.3, 0.4) is 0 Å². The van der Waals surface area contributed by atoms with Gasteiger partial charge in [-0.1, -0.05) is 11.1 Å². The van der Waals surface area contributed by atoms with Gasteiger partial charge in [0.15, 0.2) is 0 Å². The Hall–Kier alpha value is 0.130. The van der Waals surface area contributed by atoms with Gasteiger partial charge in [0.25, 0.3) is 0 Å². The van der Waals surface area contributed by atoms with Crippen molar-refractivity contribution in [1.82, 2.24) is 0 Å². The Morgan fingerprint density at radius 1 is 1.36 bits per heavy atom. The molecule has 4 atom stereocenters. The average Bonchev–Trinajstić information content (AvgIpc) is 2.61. The Kier molecular flexibility index (Phi) is 1.14. The molecule has 0 amide bonds. The summed E-state index contributed by atoms with van der Waals surface area (Å²) in [6, 6.07) is 0. The van der Waals surface area contributed by atoms with Gasteiger partial charge in [-0.2, -0.15) is 0 Å². The van der Waals surface area contributed by atoms with E-state index in [0.717, 1.165) is 23.8 Å². The maximum atomic E-state index is 5.80. The molecule has 60 valence electrons. The van der Waals surface area contributed by atoms with E-state index in [2.05, 4.69) is 13.8 Å². The third-order valence-electron chi connectivity index (χ3n) is 3.56. The summed E-state index contributed by atoms with van der Waals surface area (Å²) in [7, 11) is -0.0329. The summed E-state index contributed by atoms with van der Waals surface area (Å²) in [6.45, 7) is 5.69. The zero-order chi connectivity index (χ0) is 7.59. The Labute approximate surface area is 68.7 Å². The Bertz CT molecular complexity index is 246. The van der Waals surface area contributed by atoms with Crippen LogP contribution in [0.25, 0.3) is 0 Å². The van der Waals surface area contributed by atoms with Gasteiger partial charge in [-0.25, -0.2) is 0 Å². The molecule has 0 aromatic rings. The predicted octanol–water partition coefficient (Wildman–Crippen LogP) is 2.52. The summed E-state index contributed by atoms with van der Waals surface area (Å²) in [4.78, 5) is 0. The van der Waals surface area contributed by atoms with Crippen molar-refractivity contribution in [1.29, 1.82) is 0 Å². The van der Waals surface area contributed by atoms with Crippen molar-refractivity contribution in [3.8, 4) is 0 Å². The zero-order valence-electron chi connectivity index (χ0n) is 7.00. The molecule has 0 aromatic carbocycles. The van der Waals surface area contributed by atoms with Crippen molar-refractivity contribution in [2.75, 3.05) is 6.61 Å². The van der Waals surface area contributed by atoms with Crippen LogP contribution in [-0.2, 0) is 4.52 Å². The Balaban J connectivity index is 2.10. The maximum Gasteiger partial charge on any atom is 0.0548 e. The van der Waals surface area contributed by atoms with E-state index in [1.54, 1.807) is 11.1 Å². The molecule has 0 aromatic heterocycles. The first-order valence-electron chi connectivity index (χ1n) is 4.37. The molecular formula is C9H13OP. The molecule has 2 fully saturated rings. The van der Waals surface area contributed by atoms with Crippen LogP contribution in [0.2, 0.25) is 0 Å². The van der Waals surface area contributed by atoms with Gasteiger partial charge in [0, 0.05) is 19.5 Å². The number of hydrogen-bond donors (Lipinski definition) is 0. The summed E-state index contributed by atoms with van der Waals surface area (Å²) in [5, 5.41) is 0. The van der Waals surface area contributed by atoms with Gasteiger partial charge in [0.2, 0.25) is 0 Å². The summed E-state index contributed by atoms with van der Waals surface area (Å²) in [5.74, 6) is 0.912. The summed E-state index contributed by atoms with van der Waals surface area (Å²) >= 11 is 0. The second-order valence-corrected chi connectivity index (χ2v) is 6.14. The van der Waals surface area contributed by atoms with Gasteiger partial charge >= 0.3 is 0 Å². The molecule has 3 aliphatic rings. The molecule has 4 bridgehead atoms. The third-order valence-corrected chi connectivity index (χ3v) is 6.57. The van der Waals surface area contributed by atoms with Crippen molar-refractivity contribution in [2.24, 2.45) is 5.92 Å². The van der Waals surface area contributed by atoms with Crippen LogP contribution < -0.4 is 0 Å². The van der Waals surface area contributed by atoms with Gasteiger partial charge in [0.05, 0.1) is 6.61 Å². The first-order chi connectivity index (χ1) is 5.29. The topological polar surface area (TPSA) is 9.23 Å². The molecule has 3 heterocycles. The molecule has 0 spiro atoms. The van der Waals surface area contributed by atoms with Crippen LogP contribution in [0.15, 0.2) is 11.1 Å². The van der Waals surface area contributed by atoms with Crippen LogP contribution in [-0.4, -0.2) is 17.9 Å². The fourth-order valence-corrected chi connectivity index (χ4v) is 6.21. The fourth-order valence-electron chi connectivity index (χ4n) is 2.84. The first kappa shape index (κ1) is 6.62. The van der Waals surface area contributed by atoms with Gasteiger partial charge in [-0.05, 0) is 26.2 Å². The summed E-state index contributed by atoms with van der Waals surface area (Å²) in [5.41, 5.74) is 5.09. The SMILES string of the molecule is CC1=C(C)C2C3COP2C1C3. The molecule has 3 aliphatic heterocycles. The van der Waals surface area contributed by atoms with Crippen molar-refractivity contribution in [2.45, 2.75) is 31.6 Å². The van der Waals surface area contributed by atoms with Crippen LogP contribution in [0, 0.1) is 5.92 Å². The summed E-state index contributed by atoms with van der Waals surface area (Å²) < 4.78 is 5.80. The highest BCUT2D eigenvalue weighted by molar-refractivity contribution is 7.56. The molecule has 0 aliphatic carbocycles. The lowest BCUT2D eigenvalue weighted by molar-refractivity contribution is 0.287. The van der Waals surface area contributed by atoms with Crippen molar-refractivity contribution in [3.05, 3.63) is 11.1 Å². The molecule has 2 saturated heterocycles. The molecule has 1 nitrogen and oxygen atoms in total. The highest BCUT2D eigenvalue weighted by Crippen LogP contribution is 2.72. The van der Waals surface area contributed by atoms with E-state index < -0.39 is 0 Å². The smallest absolute Gasteiger partial charge is 0.0548 e. The highest BCUT2D eigenvalue weighted by Gasteiger charge is 2.55. The minimum absolute atomic E-state index is 0.0329. The monoisotopic (exact) mass is 168 g/mol. The molecule has 3 rings (SSSR count). The molecule has 2 heteroatoms. The maximum absolute atomic E-state index is 5.80. The molecule has 0 radical (unpaired) electrons.